The Hall–Kier alpha value is -1.66. The van der Waals surface area contributed by atoms with Gasteiger partial charge in [0.05, 0.1) is 11.3 Å². The molecule has 1 aromatic carbocycles. The standard InChI is InChI=1S/C15H19N3O3.ClH/c19-15(9-11-2-1-3-13(8-11)18(20)21)17-12-4-5-14(17)10-16-7-6-12;/h1-3,8,12,14,16H,4-7,9-10H2;1H. The lowest BCUT2D eigenvalue weighted by Gasteiger charge is -2.28. The Kier molecular flexibility index (Phi) is 5.37. The molecular weight excluding hydrogens is 306 g/mol. The van der Waals surface area contributed by atoms with Crippen molar-refractivity contribution in [2.45, 2.75) is 37.8 Å². The maximum absolute atomic E-state index is 12.6. The molecule has 3 rings (SSSR count). The third kappa shape index (κ3) is 3.39. The summed E-state index contributed by atoms with van der Waals surface area (Å²) in [6.07, 6.45) is 3.37. The Bertz CT molecular complexity index is 553. The number of non-ortho nitro benzene ring substituents is 1. The lowest BCUT2D eigenvalue weighted by molar-refractivity contribution is -0.384. The number of amides is 1. The van der Waals surface area contributed by atoms with Crippen LogP contribution in [-0.4, -0.2) is 40.9 Å². The van der Waals surface area contributed by atoms with E-state index in [0.29, 0.717) is 11.6 Å². The molecule has 0 aliphatic carbocycles. The zero-order valence-electron chi connectivity index (χ0n) is 12.2. The molecule has 2 saturated heterocycles. The molecule has 2 unspecified atom stereocenters. The van der Waals surface area contributed by atoms with Crippen LogP contribution in [0.4, 0.5) is 5.69 Å². The summed E-state index contributed by atoms with van der Waals surface area (Å²) in [5.74, 6) is 0.0895. The van der Waals surface area contributed by atoms with Crippen LogP contribution in [0.3, 0.4) is 0 Å². The quantitative estimate of drug-likeness (QED) is 0.680. The highest BCUT2D eigenvalue weighted by Crippen LogP contribution is 2.28. The third-order valence-corrected chi connectivity index (χ3v) is 4.42. The van der Waals surface area contributed by atoms with E-state index < -0.39 is 4.92 Å². The van der Waals surface area contributed by atoms with Crippen LogP contribution in [0, 0.1) is 10.1 Å². The molecule has 22 heavy (non-hydrogen) atoms. The predicted molar refractivity (Wildman–Crippen MR) is 85.2 cm³/mol. The van der Waals surface area contributed by atoms with Crippen LogP contribution in [0.2, 0.25) is 0 Å². The second kappa shape index (κ2) is 7.07. The molecule has 2 aliphatic rings. The van der Waals surface area contributed by atoms with Crippen LogP contribution in [-0.2, 0) is 11.2 Å². The highest BCUT2D eigenvalue weighted by Gasteiger charge is 2.37. The maximum Gasteiger partial charge on any atom is 0.269 e. The molecule has 2 atom stereocenters. The predicted octanol–water partition coefficient (Wildman–Crippen LogP) is 1.91. The van der Waals surface area contributed by atoms with Crippen molar-refractivity contribution >= 4 is 24.0 Å². The molecule has 1 amide bonds. The fraction of sp³-hybridized carbons (Fsp3) is 0.533. The van der Waals surface area contributed by atoms with Crippen molar-refractivity contribution in [2.24, 2.45) is 0 Å². The average Bonchev–Trinajstić information content (AvgIpc) is 2.72. The summed E-state index contributed by atoms with van der Waals surface area (Å²) < 4.78 is 0. The van der Waals surface area contributed by atoms with Gasteiger partial charge in [0.15, 0.2) is 0 Å². The number of benzene rings is 1. The van der Waals surface area contributed by atoms with E-state index in [1.807, 2.05) is 4.90 Å². The van der Waals surface area contributed by atoms with Crippen molar-refractivity contribution in [2.75, 3.05) is 13.1 Å². The molecule has 2 heterocycles. The number of carbonyl (C=O) groups excluding carboxylic acids is 1. The van der Waals surface area contributed by atoms with Crippen molar-refractivity contribution in [1.82, 2.24) is 10.2 Å². The van der Waals surface area contributed by atoms with Gasteiger partial charge in [0.2, 0.25) is 5.91 Å². The van der Waals surface area contributed by atoms with E-state index in [4.69, 9.17) is 0 Å². The van der Waals surface area contributed by atoms with Crippen LogP contribution in [0.25, 0.3) is 0 Å². The number of carbonyl (C=O) groups is 1. The van der Waals surface area contributed by atoms with Crippen LogP contribution in [0.5, 0.6) is 0 Å². The molecule has 7 heteroatoms. The van der Waals surface area contributed by atoms with Gasteiger partial charge in [-0.1, -0.05) is 12.1 Å². The molecule has 2 fully saturated rings. The lowest BCUT2D eigenvalue weighted by atomic mass is 10.1. The maximum atomic E-state index is 12.6. The first-order valence-corrected chi connectivity index (χ1v) is 7.40. The summed E-state index contributed by atoms with van der Waals surface area (Å²) in [6.45, 7) is 1.82. The van der Waals surface area contributed by atoms with E-state index in [9.17, 15) is 14.9 Å². The summed E-state index contributed by atoms with van der Waals surface area (Å²) >= 11 is 0. The van der Waals surface area contributed by atoms with E-state index in [0.717, 1.165) is 32.4 Å². The number of hydrogen-bond donors (Lipinski definition) is 1. The molecule has 1 N–H and O–H groups in total. The molecule has 0 saturated carbocycles. The smallest absolute Gasteiger partial charge is 0.269 e. The lowest BCUT2D eigenvalue weighted by Crippen LogP contribution is -2.43. The summed E-state index contributed by atoms with van der Waals surface area (Å²) in [6, 6.07) is 6.98. The van der Waals surface area contributed by atoms with Gasteiger partial charge in [-0.15, -0.1) is 12.4 Å². The van der Waals surface area contributed by atoms with Crippen LogP contribution >= 0.6 is 12.4 Å². The normalized spacial score (nSPS) is 23.5. The number of nitro benzene ring substituents is 1. The van der Waals surface area contributed by atoms with Gasteiger partial charge in [-0.2, -0.15) is 0 Å². The topological polar surface area (TPSA) is 75.5 Å². The van der Waals surface area contributed by atoms with E-state index in [1.165, 1.54) is 12.1 Å². The minimum atomic E-state index is -0.423. The Morgan fingerprint density at radius 1 is 1.32 bits per heavy atom. The Morgan fingerprint density at radius 2 is 2.09 bits per heavy atom. The monoisotopic (exact) mass is 325 g/mol. The third-order valence-electron chi connectivity index (χ3n) is 4.42. The van der Waals surface area contributed by atoms with Gasteiger partial charge in [0, 0.05) is 30.8 Å². The number of rotatable bonds is 3. The Balaban J connectivity index is 0.00000176. The van der Waals surface area contributed by atoms with Gasteiger partial charge in [-0.25, -0.2) is 0 Å². The first kappa shape index (κ1) is 16.7. The Morgan fingerprint density at radius 3 is 2.86 bits per heavy atom. The molecule has 0 spiro atoms. The van der Waals surface area contributed by atoms with Gasteiger partial charge in [-0.05, 0) is 31.4 Å². The molecule has 0 aromatic heterocycles. The van der Waals surface area contributed by atoms with Crippen molar-refractivity contribution in [1.29, 1.82) is 0 Å². The molecule has 2 bridgehead atoms. The highest BCUT2D eigenvalue weighted by atomic mass is 35.5. The van der Waals surface area contributed by atoms with Crippen molar-refractivity contribution < 1.29 is 9.72 Å². The number of fused-ring (bicyclic) bond motifs is 2. The SMILES string of the molecule is Cl.O=C(Cc1cccc([N+](=O)[O-])c1)N1C2CCNCC1CC2. The minimum absolute atomic E-state index is 0. The van der Waals surface area contributed by atoms with Gasteiger partial charge < -0.3 is 10.2 Å². The molecule has 120 valence electrons. The van der Waals surface area contributed by atoms with Crippen molar-refractivity contribution in [3.63, 3.8) is 0 Å². The number of hydrogen-bond acceptors (Lipinski definition) is 4. The first-order valence-electron chi connectivity index (χ1n) is 7.40. The van der Waals surface area contributed by atoms with E-state index in [-0.39, 0.29) is 36.5 Å². The van der Waals surface area contributed by atoms with Crippen LogP contribution in [0.1, 0.15) is 24.8 Å². The number of nitrogens with zero attached hydrogens (tertiary/aromatic N) is 2. The highest BCUT2D eigenvalue weighted by molar-refractivity contribution is 5.85. The summed E-state index contributed by atoms with van der Waals surface area (Å²) in [7, 11) is 0. The van der Waals surface area contributed by atoms with Crippen LogP contribution in [0.15, 0.2) is 24.3 Å². The summed E-state index contributed by atoms with van der Waals surface area (Å²) in [4.78, 5) is 25.0. The number of halogens is 1. The summed E-state index contributed by atoms with van der Waals surface area (Å²) in [5, 5.41) is 14.2. The zero-order valence-corrected chi connectivity index (χ0v) is 13.1. The van der Waals surface area contributed by atoms with E-state index >= 15 is 0 Å². The molecule has 0 radical (unpaired) electrons. The summed E-state index contributed by atoms with van der Waals surface area (Å²) in [5.41, 5.74) is 0.756. The van der Waals surface area contributed by atoms with Gasteiger partial charge in [-0.3, -0.25) is 14.9 Å². The van der Waals surface area contributed by atoms with Gasteiger partial charge in [0.25, 0.3) is 5.69 Å². The first-order chi connectivity index (χ1) is 10.1. The fourth-order valence-corrected chi connectivity index (χ4v) is 3.44. The van der Waals surface area contributed by atoms with Crippen molar-refractivity contribution in [3.8, 4) is 0 Å². The second-order valence-corrected chi connectivity index (χ2v) is 5.78. The van der Waals surface area contributed by atoms with Gasteiger partial charge >= 0.3 is 0 Å². The zero-order chi connectivity index (χ0) is 14.8. The Labute approximate surface area is 135 Å². The van der Waals surface area contributed by atoms with Gasteiger partial charge in [0.1, 0.15) is 0 Å². The molecule has 1 aromatic rings. The number of nitrogens with one attached hydrogen (secondary N) is 1. The second-order valence-electron chi connectivity index (χ2n) is 5.78. The molecular formula is C15H20ClN3O3. The van der Waals surface area contributed by atoms with Crippen LogP contribution < -0.4 is 5.32 Å². The molecule has 2 aliphatic heterocycles. The fourth-order valence-electron chi connectivity index (χ4n) is 3.44. The molecule has 6 nitrogen and oxygen atoms in total. The van der Waals surface area contributed by atoms with E-state index in [1.54, 1.807) is 12.1 Å². The van der Waals surface area contributed by atoms with Crippen molar-refractivity contribution in [3.05, 3.63) is 39.9 Å². The number of nitro groups is 1. The average molecular weight is 326 g/mol. The largest absolute Gasteiger partial charge is 0.335 e. The van der Waals surface area contributed by atoms with E-state index in [2.05, 4.69) is 5.32 Å². The minimum Gasteiger partial charge on any atom is -0.335 e.